The van der Waals surface area contributed by atoms with Crippen LogP contribution >= 0.6 is 0 Å². The van der Waals surface area contributed by atoms with Crippen molar-refractivity contribution in [1.82, 2.24) is 4.98 Å². The lowest BCUT2D eigenvalue weighted by molar-refractivity contribution is -0.167. The molecule has 0 saturated heterocycles. The Bertz CT molecular complexity index is 412. The topological polar surface area (TPSA) is 42.0 Å². The summed E-state index contributed by atoms with van der Waals surface area (Å²) < 4.78 is 71.7. The van der Waals surface area contributed by atoms with E-state index < -0.39 is 30.3 Å². The average Bonchev–Trinajstić information content (AvgIpc) is 2.15. The molecule has 0 saturated carbocycles. The summed E-state index contributed by atoms with van der Waals surface area (Å²) in [6.07, 6.45) is -4.76. The minimum Gasteiger partial charge on any atom is -0.445 e. The molecule has 0 aliphatic rings. The van der Waals surface area contributed by atoms with Gasteiger partial charge in [0.15, 0.2) is 0 Å². The van der Waals surface area contributed by atoms with Crippen LogP contribution in [0.4, 0.5) is 31.9 Å². The van der Waals surface area contributed by atoms with Crippen LogP contribution in [0.1, 0.15) is 0 Å². The van der Waals surface area contributed by atoms with Crippen LogP contribution in [0.2, 0.25) is 0 Å². The molecular weight excluding hydrogens is 253 g/mol. The zero-order valence-electron chi connectivity index (χ0n) is 7.93. The standard InChI is InChI=1S/C7H4BF6N2O/c9-7(10,11)6(17)16-5-2-1-4(3-15-5)8(12,13)14/h1-3H,(H,15,16,17)/q-1. The van der Waals surface area contributed by atoms with Gasteiger partial charge in [-0.3, -0.25) is 4.79 Å². The molecule has 17 heavy (non-hydrogen) atoms. The van der Waals surface area contributed by atoms with Gasteiger partial charge in [-0.25, -0.2) is 4.98 Å². The van der Waals surface area contributed by atoms with Gasteiger partial charge in [0.1, 0.15) is 5.82 Å². The number of anilines is 1. The molecule has 0 spiro atoms. The number of nitrogens with one attached hydrogen (secondary N) is 1. The molecule has 0 aliphatic heterocycles. The molecule has 1 aromatic heterocycles. The molecule has 0 aliphatic carbocycles. The van der Waals surface area contributed by atoms with E-state index in [0.717, 1.165) is 0 Å². The Morgan fingerprint density at radius 3 is 2.18 bits per heavy atom. The van der Waals surface area contributed by atoms with E-state index in [4.69, 9.17) is 0 Å². The van der Waals surface area contributed by atoms with E-state index in [0.29, 0.717) is 18.3 Å². The molecule has 0 atom stereocenters. The SMILES string of the molecule is O=C(Nc1ccc([B-](F)(F)F)cn1)C(F)(F)F. The van der Waals surface area contributed by atoms with E-state index in [1.807, 2.05) is 0 Å². The predicted octanol–water partition coefficient (Wildman–Crippen LogP) is 1.64. The molecule has 0 bridgehead atoms. The van der Waals surface area contributed by atoms with Crippen molar-refractivity contribution in [3.8, 4) is 0 Å². The lowest BCUT2D eigenvalue weighted by Gasteiger charge is -2.14. The van der Waals surface area contributed by atoms with Gasteiger partial charge in [-0.05, 0) is 6.07 Å². The van der Waals surface area contributed by atoms with Crippen molar-refractivity contribution < 1.29 is 30.9 Å². The molecule has 0 aromatic carbocycles. The first-order chi connectivity index (χ1) is 7.60. The zero-order valence-corrected chi connectivity index (χ0v) is 7.93. The Balaban J connectivity index is 2.80. The van der Waals surface area contributed by atoms with Gasteiger partial charge in [-0.2, -0.15) is 13.2 Å². The number of alkyl halides is 3. The lowest BCUT2D eigenvalue weighted by atomic mass is 9.82. The Morgan fingerprint density at radius 1 is 1.24 bits per heavy atom. The van der Waals surface area contributed by atoms with E-state index in [2.05, 4.69) is 4.98 Å². The molecule has 1 N–H and O–H groups in total. The van der Waals surface area contributed by atoms with Gasteiger partial charge in [-0.15, -0.1) is 0 Å². The molecule has 1 amide bonds. The third kappa shape index (κ3) is 3.64. The monoisotopic (exact) mass is 257 g/mol. The van der Waals surface area contributed by atoms with Crippen molar-refractivity contribution in [1.29, 1.82) is 0 Å². The number of halogens is 6. The molecule has 1 rings (SSSR count). The minimum atomic E-state index is -5.27. The van der Waals surface area contributed by atoms with Crippen molar-refractivity contribution in [2.24, 2.45) is 0 Å². The molecule has 0 radical (unpaired) electrons. The Morgan fingerprint density at radius 2 is 1.82 bits per heavy atom. The Hall–Kier alpha value is -1.74. The number of carbonyl (C=O) groups is 1. The number of carbonyl (C=O) groups excluding carboxylic acids is 1. The van der Waals surface area contributed by atoms with Gasteiger partial charge in [0.25, 0.3) is 0 Å². The fourth-order valence-corrected chi connectivity index (χ4v) is 0.860. The molecule has 1 heterocycles. The van der Waals surface area contributed by atoms with Crippen LogP contribution in [-0.4, -0.2) is 24.0 Å². The Kier molecular flexibility index (Phi) is 3.34. The Labute approximate surface area is 90.9 Å². The van der Waals surface area contributed by atoms with Gasteiger partial charge in [0.2, 0.25) is 0 Å². The number of aromatic nitrogens is 1. The third-order valence-corrected chi connectivity index (χ3v) is 1.66. The van der Waals surface area contributed by atoms with E-state index in [1.165, 1.54) is 5.32 Å². The number of amides is 1. The van der Waals surface area contributed by atoms with Crippen LogP contribution < -0.4 is 10.8 Å². The summed E-state index contributed by atoms with van der Waals surface area (Å²) in [5.41, 5.74) is -1.06. The average molecular weight is 257 g/mol. The molecular formula is C7H4BF6N2O-. The van der Waals surface area contributed by atoms with Crippen LogP contribution in [-0.2, 0) is 4.79 Å². The quantitative estimate of drug-likeness (QED) is 0.646. The van der Waals surface area contributed by atoms with Gasteiger partial charge >= 0.3 is 19.1 Å². The second kappa shape index (κ2) is 4.26. The molecule has 10 heteroatoms. The third-order valence-electron chi connectivity index (χ3n) is 1.66. The lowest BCUT2D eigenvalue weighted by Crippen LogP contribution is -2.35. The van der Waals surface area contributed by atoms with Crippen LogP contribution in [0.25, 0.3) is 0 Å². The summed E-state index contributed by atoms with van der Waals surface area (Å²) in [5, 5.41) is 1.33. The van der Waals surface area contributed by atoms with Gasteiger partial charge in [-0.1, -0.05) is 11.5 Å². The highest BCUT2D eigenvalue weighted by atomic mass is 19.4. The van der Waals surface area contributed by atoms with E-state index >= 15 is 0 Å². The summed E-state index contributed by atoms with van der Waals surface area (Å²) in [6.45, 7) is -5.27. The maximum Gasteiger partial charge on any atom is 0.511 e. The fourth-order valence-electron chi connectivity index (χ4n) is 0.860. The molecule has 94 valence electrons. The van der Waals surface area contributed by atoms with Crippen molar-refractivity contribution >= 4 is 24.2 Å². The number of pyridine rings is 1. The number of hydrogen-bond donors (Lipinski definition) is 1. The second-order valence-corrected chi connectivity index (χ2v) is 3.00. The summed E-state index contributed by atoms with van der Waals surface area (Å²) in [5.74, 6) is -2.90. The van der Waals surface area contributed by atoms with Crippen LogP contribution in [0, 0.1) is 0 Å². The second-order valence-electron chi connectivity index (χ2n) is 3.00. The molecule has 0 unspecified atom stereocenters. The summed E-state index contributed by atoms with van der Waals surface area (Å²) in [7, 11) is 0. The molecule has 3 nitrogen and oxygen atoms in total. The number of hydrogen-bond acceptors (Lipinski definition) is 2. The van der Waals surface area contributed by atoms with Crippen molar-refractivity contribution in [2.45, 2.75) is 6.18 Å². The highest BCUT2D eigenvalue weighted by Gasteiger charge is 2.39. The largest absolute Gasteiger partial charge is 0.511 e. The first-order valence-electron chi connectivity index (χ1n) is 4.15. The van der Waals surface area contributed by atoms with Crippen LogP contribution in [0.15, 0.2) is 18.3 Å². The maximum atomic E-state index is 12.1. The van der Waals surface area contributed by atoms with Crippen LogP contribution in [0.3, 0.4) is 0 Å². The molecule has 1 aromatic rings. The zero-order chi connectivity index (χ0) is 13.3. The van der Waals surface area contributed by atoms with E-state index in [1.54, 1.807) is 0 Å². The smallest absolute Gasteiger partial charge is 0.445 e. The first kappa shape index (κ1) is 13.3. The summed E-state index contributed by atoms with van der Waals surface area (Å²) >= 11 is 0. The van der Waals surface area contributed by atoms with Crippen LogP contribution in [0.5, 0.6) is 0 Å². The minimum absolute atomic E-state index is 0.353. The number of rotatable bonds is 2. The van der Waals surface area contributed by atoms with Gasteiger partial charge in [0.05, 0.1) is 0 Å². The van der Waals surface area contributed by atoms with Gasteiger partial charge < -0.3 is 18.3 Å². The van der Waals surface area contributed by atoms with Crippen molar-refractivity contribution in [2.75, 3.05) is 5.32 Å². The summed E-state index contributed by atoms with van der Waals surface area (Å²) in [4.78, 5) is 13.5. The predicted molar refractivity (Wildman–Crippen MR) is 47.6 cm³/mol. The number of nitrogens with zero attached hydrogens (tertiary/aromatic N) is 1. The summed E-state index contributed by atoms with van der Waals surface area (Å²) in [6, 6.07) is 1.19. The van der Waals surface area contributed by atoms with Gasteiger partial charge in [0, 0.05) is 6.20 Å². The van der Waals surface area contributed by atoms with E-state index in [-0.39, 0.29) is 0 Å². The molecule has 0 fully saturated rings. The maximum absolute atomic E-state index is 12.1. The van der Waals surface area contributed by atoms with E-state index in [9.17, 15) is 30.9 Å². The normalized spacial score (nSPS) is 12.4. The van der Waals surface area contributed by atoms with Crippen molar-refractivity contribution in [3.63, 3.8) is 0 Å². The highest BCUT2D eigenvalue weighted by molar-refractivity contribution is 6.73. The van der Waals surface area contributed by atoms with Crippen molar-refractivity contribution in [3.05, 3.63) is 18.3 Å². The first-order valence-corrected chi connectivity index (χ1v) is 4.15. The highest BCUT2D eigenvalue weighted by Crippen LogP contribution is 2.17. The fraction of sp³-hybridized carbons (Fsp3) is 0.143.